The van der Waals surface area contributed by atoms with Gasteiger partial charge in [-0.05, 0) is 49.3 Å². The van der Waals surface area contributed by atoms with Crippen molar-refractivity contribution in [3.63, 3.8) is 0 Å². The normalized spacial score (nSPS) is 11.0. The molecule has 0 atom stereocenters. The van der Waals surface area contributed by atoms with Crippen LogP contribution >= 0.6 is 12.2 Å². The standard InChI is InChI=1S/C18H19F3N2OS/c1-2-24-16-9-4-3-8-15(16)23-17(25)22-11-10-13-6-5-7-14(12-13)18(19,20)21/h3-9,12H,2,10-11H2,1H3,(H2,22,23,25). The largest absolute Gasteiger partial charge is 0.492 e. The van der Waals surface area contributed by atoms with Crippen LogP contribution in [0.3, 0.4) is 0 Å². The van der Waals surface area contributed by atoms with Gasteiger partial charge in [0.25, 0.3) is 0 Å². The molecule has 0 aliphatic carbocycles. The zero-order valence-corrected chi connectivity index (χ0v) is 14.5. The van der Waals surface area contributed by atoms with Gasteiger partial charge in [-0.3, -0.25) is 0 Å². The molecule has 0 aliphatic heterocycles. The lowest BCUT2D eigenvalue weighted by Crippen LogP contribution is -2.30. The second kappa shape index (κ2) is 8.71. The van der Waals surface area contributed by atoms with E-state index < -0.39 is 11.7 Å². The summed E-state index contributed by atoms with van der Waals surface area (Å²) in [6, 6.07) is 12.7. The molecule has 0 bridgehead atoms. The number of nitrogens with one attached hydrogen (secondary N) is 2. The van der Waals surface area contributed by atoms with Crippen molar-refractivity contribution in [1.29, 1.82) is 0 Å². The Hall–Kier alpha value is -2.28. The maximum atomic E-state index is 12.7. The molecule has 0 amide bonds. The monoisotopic (exact) mass is 368 g/mol. The molecule has 3 nitrogen and oxygen atoms in total. The summed E-state index contributed by atoms with van der Waals surface area (Å²) >= 11 is 5.22. The quantitative estimate of drug-likeness (QED) is 0.728. The topological polar surface area (TPSA) is 33.3 Å². The van der Waals surface area contributed by atoms with Crippen LogP contribution in [0.5, 0.6) is 5.75 Å². The lowest BCUT2D eigenvalue weighted by atomic mass is 10.1. The van der Waals surface area contributed by atoms with E-state index in [2.05, 4.69) is 10.6 Å². The molecule has 2 rings (SSSR count). The van der Waals surface area contributed by atoms with Crippen LogP contribution in [0.25, 0.3) is 0 Å². The van der Waals surface area contributed by atoms with Crippen molar-refractivity contribution in [1.82, 2.24) is 5.32 Å². The van der Waals surface area contributed by atoms with E-state index in [1.165, 1.54) is 6.07 Å². The summed E-state index contributed by atoms with van der Waals surface area (Å²) < 4.78 is 43.6. The highest BCUT2D eigenvalue weighted by Gasteiger charge is 2.30. The van der Waals surface area contributed by atoms with Gasteiger partial charge < -0.3 is 15.4 Å². The fourth-order valence-corrected chi connectivity index (χ4v) is 2.45. The van der Waals surface area contributed by atoms with Crippen LogP contribution in [0.15, 0.2) is 48.5 Å². The van der Waals surface area contributed by atoms with Gasteiger partial charge in [-0.2, -0.15) is 13.2 Å². The predicted molar refractivity (Wildman–Crippen MR) is 97.0 cm³/mol. The summed E-state index contributed by atoms with van der Waals surface area (Å²) in [7, 11) is 0. The van der Waals surface area contributed by atoms with Gasteiger partial charge in [-0.15, -0.1) is 0 Å². The maximum absolute atomic E-state index is 12.7. The number of anilines is 1. The predicted octanol–water partition coefficient (Wildman–Crippen LogP) is 4.63. The second-order valence-electron chi connectivity index (χ2n) is 5.26. The minimum absolute atomic E-state index is 0.388. The molecule has 2 aromatic carbocycles. The van der Waals surface area contributed by atoms with E-state index in [9.17, 15) is 13.2 Å². The Kier molecular flexibility index (Phi) is 6.64. The van der Waals surface area contributed by atoms with Gasteiger partial charge in [-0.25, -0.2) is 0 Å². The van der Waals surface area contributed by atoms with Gasteiger partial charge >= 0.3 is 6.18 Å². The smallest absolute Gasteiger partial charge is 0.416 e. The fourth-order valence-electron chi connectivity index (χ4n) is 2.24. The highest BCUT2D eigenvalue weighted by Crippen LogP contribution is 2.29. The molecule has 2 aromatic rings. The maximum Gasteiger partial charge on any atom is 0.416 e. The molecule has 0 heterocycles. The summed E-state index contributed by atoms with van der Waals surface area (Å²) in [6.07, 6.45) is -3.90. The summed E-state index contributed by atoms with van der Waals surface area (Å²) in [5.74, 6) is 0.687. The Balaban J connectivity index is 1.87. The molecule has 25 heavy (non-hydrogen) atoms. The molecule has 0 saturated heterocycles. The first-order valence-electron chi connectivity index (χ1n) is 7.83. The molecular weight excluding hydrogens is 349 g/mol. The van der Waals surface area contributed by atoms with Gasteiger partial charge in [0.1, 0.15) is 5.75 Å². The molecule has 0 aromatic heterocycles. The molecule has 134 valence electrons. The van der Waals surface area contributed by atoms with Crippen LogP contribution in [0.2, 0.25) is 0 Å². The first kappa shape index (κ1) is 19.1. The molecule has 0 fully saturated rings. The zero-order chi connectivity index (χ0) is 18.3. The highest BCUT2D eigenvalue weighted by molar-refractivity contribution is 7.80. The number of thiocarbonyl (C=S) groups is 1. The number of rotatable bonds is 6. The lowest BCUT2D eigenvalue weighted by molar-refractivity contribution is -0.137. The molecule has 7 heteroatoms. The van der Waals surface area contributed by atoms with Crippen molar-refractivity contribution in [3.8, 4) is 5.75 Å². The lowest BCUT2D eigenvalue weighted by Gasteiger charge is -2.14. The van der Waals surface area contributed by atoms with E-state index in [0.29, 0.717) is 36.0 Å². The Labute approximate surface area is 150 Å². The van der Waals surface area contributed by atoms with E-state index in [-0.39, 0.29) is 0 Å². The average Bonchev–Trinajstić information content (AvgIpc) is 2.56. The van der Waals surface area contributed by atoms with Gasteiger partial charge in [0.15, 0.2) is 5.11 Å². The van der Waals surface area contributed by atoms with Crippen molar-refractivity contribution >= 4 is 23.0 Å². The molecule has 0 aliphatic rings. The van der Waals surface area contributed by atoms with E-state index >= 15 is 0 Å². The van der Waals surface area contributed by atoms with Crippen molar-refractivity contribution in [3.05, 3.63) is 59.7 Å². The van der Waals surface area contributed by atoms with Crippen molar-refractivity contribution in [2.45, 2.75) is 19.5 Å². The van der Waals surface area contributed by atoms with Crippen molar-refractivity contribution < 1.29 is 17.9 Å². The summed E-state index contributed by atoms with van der Waals surface area (Å²) in [4.78, 5) is 0. The minimum Gasteiger partial charge on any atom is -0.492 e. The number of hydrogen-bond donors (Lipinski definition) is 2. The van der Waals surface area contributed by atoms with Gasteiger partial charge in [0, 0.05) is 6.54 Å². The van der Waals surface area contributed by atoms with Crippen LogP contribution < -0.4 is 15.4 Å². The molecule has 0 saturated carbocycles. The fraction of sp³-hybridized carbons (Fsp3) is 0.278. The first-order chi connectivity index (χ1) is 11.9. The van der Waals surface area contributed by atoms with E-state index in [0.717, 1.165) is 17.8 Å². The van der Waals surface area contributed by atoms with Crippen LogP contribution in [-0.4, -0.2) is 18.3 Å². The Morgan fingerprint density at radius 1 is 1.12 bits per heavy atom. The van der Waals surface area contributed by atoms with Gasteiger partial charge in [0.05, 0.1) is 17.9 Å². The second-order valence-corrected chi connectivity index (χ2v) is 5.67. The Morgan fingerprint density at radius 3 is 2.60 bits per heavy atom. The van der Waals surface area contributed by atoms with Crippen molar-refractivity contribution in [2.75, 3.05) is 18.5 Å². The molecular formula is C18H19F3N2OS. The number of ether oxygens (including phenoxy) is 1. The molecule has 0 radical (unpaired) electrons. The van der Waals surface area contributed by atoms with Crippen molar-refractivity contribution in [2.24, 2.45) is 0 Å². The van der Waals surface area contributed by atoms with Crippen LogP contribution in [0.4, 0.5) is 18.9 Å². The third kappa shape index (κ3) is 5.94. The Bertz CT molecular complexity index is 719. The zero-order valence-electron chi connectivity index (χ0n) is 13.7. The summed E-state index contributed by atoms with van der Waals surface area (Å²) in [5, 5.41) is 6.41. The van der Waals surface area contributed by atoms with E-state index in [4.69, 9.17) is 17.0 Å². The molecule has 0 unspecified atom stereocenters. The van der Waals surface area contributed by atoms with Crippen LogP contribution in [0, 0.1) is 0 Å². The first-order valence-corrected chi connectivity index (χ1v) is 8.24. The van der Waals surface area contributed by atoms with Crippen LogP contribution in [0.1, 0.15) is 18.1 Å². The van der Waals surface area contributed by atoms with Crippen LogP contribution in [-0.2, 0) is 12.6 Å². The number of halogens is 3. The summed E-state index contributed by atoms with van der Waals surface area (Å²) in [5.41, 5.74) is 0.692. The highest BCUT2D eigenvalue weighted by atomic mass is 32.1. The van der Waals surface area contributed by atoms with E-state index in [1.807, 2.05) is 31.2 Å². The SMILES string of the molecule is CCOc1ccccc1NC(=S)NCCc1cccc(C(F)(F)F)c1. The summed E-state index contributed by atoms with van der Waals surface area (Å²) in [6.45, 7) is 2.85. The van der Waals surface area contributed by atoms with Gasteiger partial charge in [0.2, 0.25) is 0 Å². The molecule has 0 spiro atoms. The minimum atomic E-state index is -4.33. The third-order valence-corrected chi connectivity index (χ3v) is 3.64. The number of hydrogen-bond acceptors (Lipinski definition) is 2. The molecule has 2 N–H and O–H groups in total. The number of para-hydroxylation sites is 2. The van der Waals surface area contributed by atoms with E-state index in [1.54, 1.807) is 6.07 Å². The Morgan fingerprint density at radius 2 is 1.88 bits per heavy atom. The number of benzene rings is 2. The third-order valence-electron chi connectivity index (χ3n) is 3.39. The van der Waals surface area contributed by atoms with Gasteiger partial charge in [-0.1, -0.05) is 30.3 Å². The average molecular weight is 368 g/mol. The number of alkyl halides is 3.